The van der Waals surface area contributed by atoms with Gasteiger partial charge in [-0.2, -0.15) is 0 Å². The Morgan fingerprint density at radius 3 is 2.04 bits per heavy atom. The fourth-order valence-corrected chi connectivity index (χ4v) is 2.27. The smallest absolute Gasteiger partial charge is 0.310 e. The van der Waals surface area contributed by atoms with Crippen molar-refractivity contribution in [2.45, 2.75) is 20.3 Å². The zero-order chi connectivity index (χ0) is 19.6. The Hall–Kier alpha value is -3.35. The van der Waals surface area contributed by atoms with Crippen LogP contribution in [0.1, 0.15) is 19.4 Å². The molecule has 0 spiro atoms. The van der Waals surface area contributed by atoms with E-state index in [2.05, 4.69) is 10.6 Å². The van der Waals surface area contributed by atoms with Crippen molar-refractivity contribution >= 4 is 29.2 Å². The molecule has 0 saturated carbocycles. The van der Waals surface area contributed by atoms with Gasteiger partial charge in [0.2, 0.25) is 5.91 Å². The predicted octanol–water partition coefficient (Wildman–Crippen LogP) is 2.77. The number of amides is 2. The summed E-state index contributed by atoms with van der Waals surface area (Å²) < 4.78 is 10.3. The van der Waals surface area contributed by atoms with Gasteiger partial charge in [0, 0.05) is 18.3 Å². The van der Waals surface area contributed by atoms with E-state index in [-0.39, 0.29) is 18.9 Å². The number of benzene rings is 2. The first-order valence-corrected chi connectivity index (χ1v) is 8.51. The molecule has 7 nitrogen and oxygen atoms in total. The average molecular weight is 370 g/mol. The molecule has 0 radical (unpaired) electrons. The van der Waals surface area contributed by atoms with E-state index in [1.165, 1.54) is 6.92 Å². The lowest BCUT2D eigenvalue weighted by atomic mass is 10.1. The van der Waals surface area contributed by atoms with Gasteiger partial charge in [-0.25, -0.2) is 0 Å². The Morgan fingerprint density at radius 1 is 0.889 bits per heavy atom. The van der Waals surface area contributed by atoms with Crippen LogP contribution in [0.15, 0.2) is 48.5 Å². The summed E-state index contributed by atoms with van der Waals surface area (Å²) in [6, 6.07) is 13.7. The third-order valence-corrected chi connectivity index (χ3v) is 3.44. The zero-order valence-electron chi connectivity index (χ0n) is 15.3. The van der Waals surface area contributed by atoms with Gasteiger partial charge >= 0.3 is 5.97 Å². The minimum Gasteiger partial charge on any atom is -0.494 e. The lowest BCUT2D eigenvalue weighted by Gasteiger charge is -2.08. The minimum atomic E-state index is -0.490. The van der Waals surface area contributed by atoms with Crippen LogP contribution in [-0.2, 0) is 25.5 Å². The highest BCUT2D eigenvalue weighted by Crippen LogP contribution is 2.14. The molecule has 2 N–H and O–H groups in total. The lowest BCUT2D eigenvalue weighted by molar-refractivity contribution is -0.146. The first kappa shape index (κ1) is 20.0. The second kappa shape index (κ2) is 9.96. The molecular formula is C20H22N2O5. The molecule has 0 fully saturated rings. The average Bonchev–Trinajstić information content (AvgIpc) is 2.63. The van der Waals surface area contributed by atoms with Crippen LogP contribution in [0.3, 0.4) is 0 Å². The summed E-state index contributed by atoms with van der Waals surface area (Å²) in [5, 5.41) is 5.25. The van der Waals surface area contributed by atoms with Crippen LogP contribution < -0.4 is 15.4 Å². The number of hydrogen-bond donors (Lipinski definition) is 2. The summed E-state index contributed by atoms with van der Waals surface area (Å²) in [6.07, 6.45) is 0.0745. The summed E-state index contributed by atoms with van der Waals surface area (Å²) in [6.45, 7) is 3.51. The highest BCUT2D eigenvalue weighted by atomic mass is 16.5. The van der Waals surface area contributed by atoms with E-state index >= 15 is 0 Å². The predicted molar refractivity (Wildman–Crippen MR) is 102 cm³/mol. The number of carbonyl (C=O) groups is 3. The number of ether oxygens (including phenoxy) is 2. The van der Waals surface area contributed by atoms with Crippen LogP contribution >= 0.6 is 0 Å². The fraction of sp³-hybridized carbons (Fsp3) is 0.250. The van der Waals surface area contributed by atoms with Crippen LogP contribution in [-0.4, -0.2) is 31.0 Å². The molecule has 142 valence electrons. The van der Waals surface area contributed by atoms with E-state index in [4.69, 9.17) is 9.47 Å². The molecule has 27 heavy (non-hydrogen) atoms. The Balaban J connectivity index is 1.75. The van der Waals surface area contributed by atoms with Crippen LogP contribution in [0.5, 0.6) is 5.75 Å². The van der Waals surface area contributed by atoms with Gasteiger partial charge in [0.25, 0.3) is 5.91 Å². The molecule has 0 aliphatic carbocycles. The Labute approximate surface area is 157 Å². The Kier molecular flexibility index (Phi) is 7.37. The highest BCUT2D eigenvalue weighted by molar-refractivity contribution is 5.93. The van der Waals surface area contributed by atoms with Gasteiger partial charge in [-0.05, 0) is 48.9 Å². The first-order chi connectivity index (χ1) is 13.0. The molecule has 2 aromatic rings. The topological polar surface area (TPSA) is 93.7 Å². The van der Waals surface area contributed by atoms with Crippen molar-refractivity contribution in [1.29, 1.82) is 0 Å². The quantitative estimate of drug-likeness (QED) is 0.697. The standard InChI is InChI=1S/C20H22N2O5/c1-3-26-18-10-4-15(5-11-18)12-20(25)27-13-19(24)22-17-8-6-16(7-9-17)21-14(2)23/h4-11H,3,12-13H2,1-2H3,(H,21,23)(H,22,24). The highest BCUT2D eigenvalue weighted by Gasteiger charge is 2.09. The summed E-state index contributed by atoms with van der Waals surface area (Å²) in [5.74, 6) is -0.373. The monoisotopic (exact) mass is 370 g/mol. The maximum atomic E-state index is 11.9. The maximum Gasteiger partial charge on any atom is 0.310 e. The second-order valence-electron chi connectivity index (χ2n) is 5.72. The molecule has 0 saturated heterocycles. The van der Waals surface area contributed by atoms with Gasteiger partial charge in [0.1, 0.15) is 5.75 Å². The number of esters is 1. The number of rotatable bonds is 8. The molecule has 2 rings (SSSR count). The van der Waals surface area contributed by atoms with Crippen LogP contribution in [0.2, 0.25) is 0 Å². The van der Waals surface area contributed by atoms with E-state index in [1.807, 2.05) is 6.92 Å². The van der Waals surface area contributed by atoms with Crippen molar-refractivity contribution in [3.63, 3.8) is 0 Å². The zero-order valence-corrected chi connectivity index (χ0v) is 15.3. The molecule has 0 heterocycles. The Bertz CT molecular complexity index is 785. The van der Waals surface area contributed by atoms with Gasteiger partial charge in [-0.15, -0.1) is 0 Å². The molecule has 7 heteroatoms. The molecule has 0 aliphatic heterocycles. The molecule has 0 atom stereocenters. The van der Waals surface area contributed by atoms with Crippen molar-refractivity contribution in [2.75, 3.05) is 23.8 Å². The fourth-order valence-electron chi connectivity index (χ4n) is 2.27. The summed E-state index contributed by atoms with van der Waals surface area (Å²) >= 11 is 0. The van der Waals surface area contributed by atoms with Crippen LogP contribution in [0, 0.1) is 0 Å². The normalized spacial score (nSPS) is 10.0. The lowest BCUT2D eigenvalue weighted by Crippen LogP contribution is -2.21. The van der Waals surface area contributed by atoms with Crippen molar-refractivity contribution in [1.82, 2.24) is 0 Å². The molecule has 2 aromatic carbocycles. The first-order valence-electron chi connectivity index (χ1n) is 8.51. The van der Waals surface area contributed by atoms with Crippen molar-refractivity contribution < 1.29 is 23.9 Å². The van der Waals surface area contributed by atoms with Gasteiger partial charge < -0.3 is 20.1 Å². The number of anilines is 2. The molecule has 2 amide bonds. The van der Waals surface area contributed by atoms with Crippen molar-refractivity contribution in [2.24, 2.45) is 0 Å². The molecule has 0 bridgehead atoms. The van der Waals surface area contributed by atoms with Crippen molar-refractivity contribution in [3.8, 4) is 5.75 Å². The maximum absolute atomic E-state index is 11.9. The summed E-state index contributed by atoms with van der Waals surface area (Å²) in [4.78, 5) is 34.7. The van der Waals surface area contributed by atoms with E-state index in [0.29, 0.717) is 18.0 Å². The SMILES string of the molecule is CCOc1ccc(CC(=O)OCC(=O)Nc2ccc(NC(C)=O)cc2)cc1. The number of nitrogens with one attached hydrogen (secondary N) is 2. The summed E-state index contributed by atoms with van der Waals surface area (Å²) in [5.41, 5.74) is 1.94. The molecule has 0 unspecified atom stereocenters. The van der Waals surface area contributed by atoms with E-state index in [1.54, 1.807) is 48.5 Å². The number of carbonyl (C=O) groups excluding carboxylic acids is 3. The van der Waals surface area contributed by atoms with Gasteiger partial charge in [0.15, 0.2) is 6.61 Å². The van der Waals surface area contributed by atoms with E-state index in [9.17, 15) is 14.4 Å². The molecule has 0 aliphatic rings. The van der Waals surface area contributed by atoms with Gasteiger partial charge in [-0.3, -0.25) is 14.4 Å². The third-order valence-electron chi connectivity index (χ3n) is 3.44. The van der Waals surface area contributed by atoms with Crippen molar-refractivity contribution in [3.05, 3.63) is 54.1 Å². The third kappa shape index (κ3) is 7.19. The molecule has 0 aromatic heterocycles. The van der Waals surface area contributed by atoms with E-state index < -0.39 is 11.9 Å². The van der Waals surface area contributed by atoms with Gasteiger partial charge in [0.05, 0.1) is 13.0 Å². The molecular weight excluding hydrogens is 348 g/mol. The number of hydrogen-bond acceptors (Lipinski definition) is 5. The second-order valence-corrected chi connectivity index (χ2v) is 5.72. The van der Waals surface area contributed by atoms with Gasteiger partial charge in [-0.1, -0.05) is 12.1 Å². The minimum absolute atomic E-state index is 0.0745. The summed E-state index contributed by atoms with van der Waals surface area (Å²) in [7, 11) is 0. The largest absolute Gasteiger partial charge is 0.494 e. The Morgan fingerprint density at radius 2 is 1.48 bits per heavy atom. The van der Waals surface area contributed by atoms with Crippen LogP contribution in [0.4, 0.5) is 11.4 Å². The van der Waals surface area contributed by atoms with Crippen LogP contribution in [0.25, 0.3) is 0 Å². The van der Waals surface area contributed by atoms with E-state index in [0.717, 1.165) is 11.3 Å².